The zero-order valence-corrected chi connectivity index (χ0v) is 10.5. The molecule has 2 aliphatic rings. The van der Waals surface area contributed by atoms with Crippen molar-refractivity contribution in [2.75, 3.05) is 19.6 Å². The quantitative estimate of drug-likeness (QED) is 0.650. The minimum atomic E-state index is -0.137. The Hall–Kier alpha value is -0.770. The topological polar surface area (TPSA) is 44.4 Å². The third-order valence-electron chi connectivity index (χ3n) is 3.42. The molecule has 0 aromatic carbocycles. The average molecular weight is 225 g/mol. The van der Waals surface area contributed by atoms with E-state index in [4.69, 9.17) is 0 Å². The van der Waals surface area contributed by atoms with Gasteiger partial charge >= 0.3 is 6.03 Å². The highest BCUT2D eigenvalue weighted by Gasteiger charge is 2.34. The largest absolute Gasteiger partial charge is 0.333 e. The van der Waals surface area contributed by atoms with Gasteiger partial charge in [-0.25, -0.2) is 4.79 Å². The number of nitrogens with one attached hydrogen (secondary N) is 2. The second kappa shape index (κ2) is 4.24. The van der Waals surface area contributed by atoms with Gasteiger partial charge in [0.25, 0.3) is 0 Å². The molecule has 0 spiro atoms. The summed E-state index contributed by atoms with van der Waals surface area (Å²) < 4.78 is 0. The van der Waals surface area contributed by atoms with Crippen molar-refractivity contribution in [3.63, 3.8) is 0 Å². The summed E-state index contributed by atoms with van der Waals surface area (Å²) in [5.74, 6) is 0.666. The first-order valence-electron chi connectivity index (χ1n) is 6.26. The van der Waals surface area contributed by atoms with E-state index in [0.29, 0.717) is 12.0 Å². The molecule has 0 radical (unpaired) electrons. The maximum absolute atomic E-state index is 12.0. The minimum absolute atomic E-state index is 0.0952. The Balaban J connectivity index is 1.89. The van der Waals surface area contributed by atoms with Gasteiger partial charge in [-0.3, -0.25) is 0 Å². The number of hydrogen-bond acceptors (Lipinski definition) is 2. The lowest BCUT2D eigenvalue weighted by Gasteiger charge is -2.36. The van der Waals surface area contributed by atoms with Crippen molar-refractivity contribution in [1.29, 1.82) is 0 Å². The van der Waals surface area contributed by atoms with Gasteiger partial charge in [0, 0.05) is 24.7 Å². The van der Waals surface area contributed by atoms with Gasteiger partial charge in [-0.15, -0.1) is 0 Å². The fraction of sp³-hybridized carbons (Fsp3) is 0.917. The SMILES string of the molecule is CC(C)(C)NC(=O)N1CCC2NCCC2C1. The Bertz CT molecular complexity index is 272. The normalized spacial score (nSPS) is 30.1. The van der Waals surface area contributed by atoms with Crippen molar-refractivity contribution in [2.45, 2.75) is 45.2 Å². The molecule has 0 saturated carbocycles. The second-order valence-corrected chi connectivity index (χ2v) is 6.02. The molecular weight excluding hydrogens is 202 g/mol. The highest BCUT2D eigenvalue weighted by atomic mass is 16.2. The molecule has 2 rings (SSSR count). The Morgan fingerprint density at radius 3 is 2.81 bits per heavy atom. The molecule has 2 atom stereocenters. The summed E-state index contributed by atoms with van der Waals surface area (Å²) in [4.78, 5) is 14.0. The first-order valence-corrected chi connectivity index (χ1v) is 6.26. The summed E-state index contributed by atoms with van der Waals surface area (Å²) in [6.45, 7) is 8.98. The van der Waals surface area contributed by atoms with Gasteiger partial charge in [0.05, 0.1) is 0 Å². The maximum atomic E-state index is 12.0. The monoisotopic (exact) mass is 225 g/mol. The lowest BCUT2D eigenvalue weighted by Crippen LogP contribution is -2.54. The molecule has 4 nitrogen and oxygen atoms in total. The lowest BCUT2D eigenvalue weighted by atomic mass is 9.93. The van der Waals surface area contributed by atoms with Crippen LogP contribution in [0.4, 0.5) is 4.79 Å². The number of nitrogens with zero attached hydrogens (tertiary/aromatic N) is 1. The Kier molecular flexibility index (Phi) is 3.10. The van der Waals surface area contributed by atoms with Crippen LogP contribution in [0.1, 0.15) is 33.6 Å². The molecule has 16 heavy (non-hydrogen) atoms. The average Bonchev–Trinajstić information content (AvgIpc) is 2.61. The molecule has 2 aliphatic heterocycles. The third-order valence-corrected chi connectivity index (χ3v) is 3.42. The molecule has 0 aromatic heterocycles. The summed E-state index contributed by atoms with van der Waals surface area (Å²) >= 11 is 0. The van der Waals surface area contributed by atoms with Crippen LogP contribution < -0.4 is 10.6 Å². The molecule has 0 bridgehead atoms. The first kappa shape index (κ1) is 11.7. The van der Waals surface area contributed by atoms with Crippen LogP contribution in [0.25, 0.3) is 0 Å². The van der Waals surface area contributed by atoms with E-state index in [0.717, 1.165) is 26.1 Å². The van der Waals surface area contributed by atoms with E-state index >= 15 is 0 Å². The Morgan fingerprint density at radius 2 is 2.12 bits per heavy atom. The van der Waals surface area contributed by atoms with Gasteiger partial charge in [-0.05, 0) is 46.1 Å². The smallest absolute Gasteiger partial charge is 0.317 e. The highest BCUT2D eigenvalue weighted by Crippen LogP contribution is 2.24. The van der Waals surface area contributed by atoms with Crippen LogP contribution in [0.15, 0.2) is 0 Å². The van der Waals surface area contributed by atoms with E-state index in [9.17, 15) is 4.79 Å². The fourth-order valence-corrected chi connectivity index (χ4v) is 2.63. The molecule has 2 amide bonds. The van der Waals surface area contributed by atoms with Crippen molar-refractivity contribution >= 4 is 6.03 Å². The predicted octanol–water partition coefficient (Wildman–Crippen LogP) is 1.18. The van der Waals surface area contributed by atoms with Crippen molar-refractivity contribution in [2.24, 2.45) is 5.92 Å². The Morgan fingerprint density at radius 1 is 1.38 bits per heavy atom. The summed E-state index contributed by atoms with van der Waals surface area (Å²) in [7, 11) is 0. The predicted molar refractivity (Wildman–Crippen MR) is 64.4 cm³/mol. The zero-order chi connectivity index (χ0) is 11.8. The van der Waals surface area contributed by atoms with Crippen LogP contribution in [-0.2, 0) is 0 Å². The van der Waals surface area contributed by atoms with Crippen LogP contribution in [0, 0.1) is 5.92 Å². The number of piperidine rings is 1. The molecule has 0 aliphatic carbocycles. The van der Waals surface area contributed by atoms with Crippen molar-refractivity contribution in [3.05, 3.63) is 0 Å². The zero-order valence-electron chi connectivity index (χ0n) is 10.5. The number of carbonyl (C=O) groups is 1. The summed E-state index contributed by atoms with van der Waals surface area (Å²) in [5.41, 5.74) is -0.137. The molecule has 92 valence electrons. The van der Waals surface area contributed by atoms with Crippen molar-refractivity contribution < 1.29 is 4.79 Å². The fourth-order valence-electron chi connectivity index (χ4n) is 2.63. The molecule has 2 N–H and O–H groups in total. The molecule has 2 heterocycles. The van der Waals surface area contributed by atoms with E-state index in [1.807, 2.05) is 25.7 Å². The van der Waals surface area contributed by atoms with E-state index in [2.05, 4.69) is 10.6 Å². The van der Waals surface area contributed by atoms with Crippen LogP contribution in [0.3, 0.4) is 0 Å². The number of likely N-dealkylation sites (tertiary alicyclic amines) is 1. The second-order valence-electron chi connectivity index (χ2n) is 6.02. The number of carbonyl (C=O) groups excluding carboxylic acids is 1. The van der Waals surface area contributed by atoms with Crippen molar-refractivity contribution in [3.8, 4) is 0 Å². The summed E-state index contributed by atoms with van der Waals surface area (Å²) in [6.07, 6.45) is 2.31. The van der Waals surface area contributed by atoms with E-state index in [-0.39, 0.29) is 11.6 Å². The Labute approximate surface area is 97.8 Å². The summed E-state index contributed by atoms with van der Waals surface area (Å²) in [6, 6.07) is 0.747. The maximum Gasteiger partial charge on any atom is 0.317 e. The van der Waals surface area contributed by atoms with Crippen LogP contribution in [0.5, 0.6) is 0 Å². The number of amides is 2. The van der Waals surface area contributed by atoms with Gasteiger partial charge in [0.2, 0.25) is 0 Å². The number of hydrogen-bond donors (Lipinski definition) is 2. The van der Waals surface area contributed by atoms with Crippen LogP contribution in [0.2, 0.25) is 0 Å². The van der Waals surface area contributed by atoms with Crippen LogP contribution in [-0.4, -0.2) is 42.1 Å². The van der Waals surface area contributed by atoms with Gasteiger partial charge in [-0.2, -0.15) is 0 Å². The van der Waals surface area contributed by atoms with Crippen LogP contribution >= 0.6 is 0 Å². The molecular formula is C12H23N3O. The van der Waals surface area contributed by atoms with E-state index in [1.165, 1.54) is 6.42 Å². The van der Waals surface area contributed by atoms with Gasteiger partial charge in [0.1, 0.15) is 0 Å². The molecule has 2 unspecified atom stereocenters. The standard InChI is InChI=1S/C12H23N3O/c1-12(2,3)14-11(16)15-7-5-10-9(8-15)4-6-13-10/h9-10,13H,4-8H2,1-3H3,(H,14,16). The first-order chi connectivity index (χ1) is 7.46. The van der Waals surface area contributed by atoms with Gasteiger partial charge < -0.3 is 15.5 Å². The third kappa shape index (κ3) is 2.67. The molecule has 2 saturated heterocycles. The molecule has 2 fully saturated rings. The molecule has 4 heteroatoms. The highest BCUT2D eigenvalue weighted by molar-refractivity contribution is 5.75. The minimum Gasteiger partial charge on any atom is -0.333 e. The van der Waals surface area contributed by atoms with Gasteiger partial charge in [0.15, 0.2) is 0 Å². The van der Waals surface area contributed by atoms with Gasteiger partial charge in [-0.1, -0.05) is 0 Å². The summed E-state index contributed by atoms with van der Waals surface area (Å²) in [5, 5.41) is 6.54. The lowest BCUT2D eigenvalue weighted by molar-refractivity contribution is 0.152. The number of urea groups is 1. The number of fused-ring (bicyclic) bond motifs is 1. The number of rotatable bonds is 0. The van der Waals surface area contributed by atoms with Crippen molar-refractivity contribution in [1.82, 2.24) is 15.5 Å². The van der Waals surface area contributed by atoms with E-state index < -0.39 is 0 Å². The molecule has 0 aromatic rings. The van der Waals surface area contributed by atoms with E-state index in [1.54, 1.807) is 0 Å².